The third-order valence-corrected chi connectivity index (χ3v) is 7.14. The Morgan fingerprint density at radius 1 is 1.32 bits per heavy atom. The van der Waals surface area contributed by atoms with Gasteiger partial charge in [-0.1, -0.05) is 0 Å². The standard InChI is InChI=1S/C13H16Br2N2OS/c14-8-6-10(19-13(8)15)12-9(16)2-1-3-11(18)17(12)7-4-5-7/h6-7,9,12H,1-5,16H2. The highest BCUT2D eigenvalue weighted by Gasteiger charge is 2.42. The minimum absolute atomic E-state index is 0.0458. The Labute approximate surface area is 133 Å². The Balaban J connectivity index is 1.98. The van der Waals surface area contributed by atoms with E-state index in [-0.39, 0.29) is 18.0 Å². The van der Waals surface area contributed by atoms with Crippen LogP contribution in [0, 0.1) is 0 Å². The van der Waals surface area contributed by atoms with E-state index in [0.29, 0.717) is 12.5 Å². The highest BCUT2D eigenvalue weighted by Crippen LogP contribution is 2.44. The van der Waals surface area contributed by atoms with E-state index in [0.717, 1.165) is 33.9 Å². The van der Waals surface area contributed by atoms with Crippen LogP contribution in [0.5, 0.6) is 0 Å². The molecule has 1 aliphatic heterocycles. The monoisotopic (exact) mass is 406 g/mol. The van der Waals surface area contributed by atoms with Gasteiger partial charge < -0.3 is 10.6 Å². The van der Waals surface area contributed by atoms with E-state index in [1.165, 1.54) is 4.88 Å². The molecule has 1 saturated carbocycles. The maximum absolute atomic E-state index is 12.4. The fourth-order valence-electron chi connectivity index (χ4n) is 2.78. The number of likely N-dealkylation sites (tertiary alicyclic amines) is 1. The molecule has 1 aromatic heterocycles. The van der Waals surface area contributed by atoms with Crippen molar-refractivity contribution in [3.63, 3.8) is 0 Å². The molecule has 0 aromatic carbocycles. The number of amides is 1. The van der Waals surface area contributed by atoms with Crippen LogP contribution in [0.4, 0.5) is 0 Å². The van der Waals surface area contributed by atoms with Crippen LogP contribution in [0.2, 0.25) is 0 Å². The lowest BCUT2D eigenvalue weighted by molar-refractivity contribution is -0.133. The molecule has 19 heavy (non-hydrogen) atoms. The van der Waals surface area contributed by atoms with Gasteiger partial charge in [0.25, 0.3) is 0 Å². The first-order valence-corrected chi connectivity index (χ1v) is 8.99. The summed E-state index contributed by atoms with van der Waals surface area (Å²) in [5, 5.41) is 0. The zero-order valence-electron chi connectivity index (χ0n) is 10.4. The van der Waals surface area contributed by atoms with Crippen molar-refractivity contribution in [2.75, 3.05) is 0 Å². The van der Waals surface area contributed by atoms with Crippen molar-refractivity contribution in [2.24, 2.45) is 5.73 Å². The normalized spacial score (nSPS) is 28.6. The lowest BCUT2D eigenvalue weighted by Crippen LogP contribution is -2.43. The average molecular weight is 408 g/mol. The minimum atomic E-state index is 0.0458. The highest BCUT2D eigenvalue weighted by molar-refractivity contribution is 9.13. The molecule has 2 unspecified atom stereocenters. The van der Waals surface area contributed by atoms with Crippen LogP contribution < -0.4 is 5.73 Å². The van der Waals surface area contributed by atoms with E-state index in [1.807, 2.05) is 0 Å². The topological polar surface area (TPSA) is 46.3 Å². The minimum Gasteiger partial charge on any atom is -0.330 e. The Morgan fingerprint density at radius 2 is 2.05 bits per heavy atom. The SMILES string of the molecule is NC1CCCC(=O)N(C2CC2)C1c1cc(Br)c(Br)s1. The lowest BCUT2D eigenvalue weighted by atomic mass is 10.0. The van der Waals surface area contributed by atoms with Crippen LogP contribution in [0.25, 0.3) is 0 Å². The van der Waals surface area contributed by atoms with Crippen LogP contribution >= 0.6 is 43.2 Å². The molecule has 0 spiro atoms. The van der Waals surface area contributed by atoms with Gasteiger partial charge in [0.2, 0.25) is 5.91 Å². The number of carbonyl (C=O) groups excluding carboxylic acids is 1. The number of rotatable bonds is 2. The molecule has 2 aliphatic rings. The van der Waals surface area contributed by atoms with Gasteiger partial charge >= 0.3 is 0 Å². The number of halogens is 2. The second kappa shape index (κ2) is 5.47. The van der Waals surface area contributed by atoms with Crippen molar-refractivity contribution < 1.29 is 4.79 Å². The Bertz CT molecular complexity index is 481. The maximum Gasteiger partial charge on any atom is 0.223 e. The summed E-state index contributed by atoms with van der Waals surface area (Å²) in [6, 6.07) is 2.62. The van der Waals surface area contributed by atoms with E-state index in [1.54, 1.807) is 11.3 Å². The quantitative estimate of drug-likeness (QED) is 0.809. The Morgan fingerprint density at radius 3 is 2.63 bits per heavy atom. The van der Waals surface area contributed by atoms with Crippen molar-refractivity contribution in [3.05, 3.63) is 19.2 Å². The molecule has 1 aromatic rings. The van der Waals surface area contributed by atoms with Crippen molar-refractivity contribution >= 4 is 49.1 Å². The van der Waals surface area contributed by atoms with Gasteiger partial charge in [0.1, 0.15) is 0 Å². The molecule has 3 nitrogen and oxygen atoms in total. The molecule has 2 heterocycles. The summed E-state index contributed by atoms with van der Waals surface area (Å²) in [5.41, 5.74) is 6.37. The smallest absolute Gasteiger partial charge is 0.223 e. The maximum atomic E-state index is 12.4. The van der Waals surface area contributed by atoms with Gasteiger partial charge in [0.15, 0.2) is 0 Å². The summed E-state index contributed by atoms with van der Waals surface area (Å²) in [6.07, 6.45) is 4.74. The lowest BCUT2D eigenvalue weighted by Gasteiger charge is -2.33. The number of thiophene rings is 1. The van der Waals surface area contributed by atoms with Crippen LogP contribution in [-0.2, 0) is 4.79 Å². The van der Waals surface area contributed by atoms with Gasteiger partial charge in [0, 0.05) is 27.9 Å². The molecule has 3 rings (SSSR count). The fraction of sp³-hybridized carbons (Fsp3) is 0.615. The second-order valence-electron chi connectivity index (χ2n) is 5.30. The van der Waals surface area contributed by atoms with E-state index >= 15 is 0 Å². The van der Waals surface area contributed by atoms with Crippen molar-refractivity contribution in [2.45, 2.75) is 50.2 Å². The van der Waals surface area contributed by atoms with Crippen LogP contribution in [0.1, 0.15) is 43.0 Å². The molecule has 0 radical (unpaired) electrons. The summed E-state index contributed by atoms with van der Waals surface area (Å²) in [7, 11) is 0. The molecule has 1 aliphatic carbocycles. The molecular formula is C13H16Br2N2OS. The van der Waals surface area contributed by atoms with Gasteiger partial charge in [0.05, 0.1) is 9.83 Å². The van der Waals surface area contributed by atoms with Gasteiger partial charge in [-0.25, -0.2) is 0 Å². The van der Waals surface area contributed by atoms with E-state index in [2.05, 4.69) is 42.8 Å². The van der Waals surface area contributed by atoms with Gasteiger partial charge in [-0.2, -0.15) is 0 Å². The number of carbonyl (C=O) groups is 1. The summed E-state index contributed by atoms with van der Waals surface area (Å²) < 4.78 is 2.12. The van der Waals surface area contributed by atoms with E-state index in [4.69, 9.17) is 5.73 Å². The van der Waals surface area contributed by atoms with Crippen molar-refractivity contribution in [3.8, 4) is 0 Å². The molecular weight excluding hydrogens is 392 g/mol. The largest absolute Gasteiger partial charge is 0.330 e. The fourth-order valence-corrected chi connectivity index (χ4v) is 5.04. The molecule has 6 heteroatoms. The zero-order valence-corrected chi connectivity index (χ0v) is 14.4. The Kier molecular flexibility index (Phi) is 4.04. The third-order valence-electron chi connectivity index (χ3n) is 3.82. The highest BCUT2D eigenvalue weighted by atomic mass is 79.9. The number of hydrogen-bond acceptors (Lipinski definition) is 3. The first-order chi connectivity index (χ1) is 9.08. The van der Waals surface area contributed by atoms with Crippen molar-refractivity contribution in [1.29, 1.82) is 0 Å². The molecule has 1 saturated heterocycles. The second-order valence-corrected chi connectivity index (χ2v) is 8.56. The number of hydrogen-bond donors (Lipinski definition) is 1. The first-order valence-electron chi connectivity index (χ1n) is 6.59. The number of nitrogens with two attached hydrogens (primary N) is 1. The molecule has 1 amide bonds. The van der Waals surface area contributed by atoms with Gasteiger partial charge in [-0.15, -0.1) is 11.3 Å². The predicted molar refractivity (Wildman–Crippen MR) is 84.2 cm³/mol. The summed E-state index contributed by atoms with van der Waals surface area (Å²) in [5.74, 6) is 0.279. The molecule has 0 bridgehead atoms. The third kappa shape index (κ3) is 2.77. The molecule has 2 N–H and O–H groups in total. The molecule has 2 atom stereocenters. The summed E-state index contributed by atoms with van der Waals surface area (Å²) in [4.78, 5) is 15.6. The summed E-state index contributed by atoms with van der Waals surface area (Å²) in [6.45, 7) is 0. The predicted octanol–water partition coefficient (Wildman–Crippen LogP) is 3.82. The van der Waals surface area contributed by atoms with Gasteiger partial charge in [-0.3, -0.25) is 4.79 Å². The van der Waals surface area contributed by atoms with Crippen LogP contribution in [0.3, 0.4) is 0 Å². The van der Waals surface area contributed by atoms with E-state index in [9.17, 15) is 4.79 Å². The average Bonchev–Trinajstić information content (AvgIpc) is 3.13. The zero-order chi connectivity index (χ0) is 13.6. The van der Waals surface area contributed by atoms with Gasteiger partial charge in [-0.05, 0) is 63.6 Å². The van der Waals surface area contributed by atoms with Crippen LogP contribution in [-0.4, -0.2) is 22.9 Å². The molecule has 2 fully saturated rings. The molecule has 104 valence electrons. The first kappa shape index (κ1) is 14.0. The summed E-state index contributed by atoms with van der Waals surface area (Å²) >= 11 is 8.75. The van der Waals surface area contributed by atoms with Crippen LogP contribution in [0.15, 0.2) is 14.3 Å². The van der Waals surface area contributed by atoms with E-state index < -0.39 is 0 Å². The number of nitrogens with zero attached hydrogens (tertiary/aromatic N) is 1. The van der Waals surface area contributed by atoms with Crippen molar-refractivity contribution in [1.82, 2.24) is 4.90 Å². The Hall–Kier alpha value is 0.0900.